The minimum absolute atomic E-state index is 0. The van der Waals surface area contributed by atoms with Crippen molar-refractivity contribution < 1.29 is 18.7 Å². The van der Waals surface area contributed by atoms with Crippen molar-refractivity contribution in [3.05, 3.63) is 28.3 Å². The highest BCUT2D eigenvalue weighted by Gasteiger charge is 2.19. The summed E-state index contributed by atoms with van der Waals surface area (Å²) in [6.07, 6.45) is 0. The van der Waals surface area contributed by atoms with E-state index in [-0.39, 0.29) is 12.4 Å². The van der Waals surface area contributed by atoms with Gasteiger partial charge in [-0.1, -0.05) is 11.6 Å². The van der Waals surface area contributed by atoms with Crippen LogP contribution in [0.15, 0.2) is 6.07 Å². The number of nitrogens with two attached hydrogens (primary N) is 1. The molecule has 1 aromatic carbocycles. The van der Waals surface area contributed by atoms with E-state index in [0.717, 1.165) is 6.07 Å². The molecule has 0 aliphatic carbocycles. The van der Waals surface area contributed by atoms with Gasteiger partial charge in [0, 0.05) is 0 Å². The van der Waals surface area contributed by atoms with E-state index >= 15 is 0 Å². The largest absolute Gasteiger partial charge is 0.478 e. The average molecular weight is 244 g/mol. The van der Waals surface area contributed by atoms with Crippen LogP contribution in [-0.2, 0) is 0 Å². The first-order valence-electron chi connectivity index (χ1n) is 3.11. The van der Waals surface area contributed by atoms with Crippen LogP contribution in [0.25, 0.3) is 0 Å². The first-order valence-corrected chi connectivity index (χ1v) is 3.49. The lowest BCUT2D eigenvalue weighted by atomic mass is 10.2. The normalized spacial score (nSPS) is 9.36. The van der Waals surface area contributed by atoms with Crippen LogP contribution in [0.3, 0.4) is 0 Å². The number of nitrogen functional groups attached to an aromatic ring is 1. The zero-order chi connectivity index (χ0) is 10.2. The highest BCUT2D eigenvalue weighted by molar-refractivity contribution is 6.33. The molecular weight excluding hydrogens is 239 g/mol. The fourth-order valence-corrected chi connectivity index (χ4v) is 0.998. The van der Waals surface area contributed by atoms with Gasteiger partial charge in [-0.05, 0) is 6.07 Å². The van der Waals surface area contributed by atoms with Crippen molar-refractivity contribution in [3.63, 3.8) is 0 Å². The van der Waals surface area contributed by atoms with E-state index in [2.05, 4.69) is 0 Å². The van der Waals surface area contributed by atoms with Crippen LogP contribution >= 0.6 is 24.0 Å². The van der Waals surface area contributed by atoms with Crippen LogP contribution in [0.5, 0.6) is 0 Å². The third-order valence-corrected chi connectivity index (χ3v) is 1.78. The molecule has 0 aliphatic rings. The fraction of sp³-hybridized carbons (Fsp3) is 0. The second-order valence-corrected chi connectivity index (χ2v) is 2.64. The Morgan fingerprint density at radius 2 is 1.93 bits per heavy atom. The van der Waals surface area contributed by atoms with Gasteiger partial charge >= 0.3 is 5.97 Å². The molecule has 0 radical (unpaired) electrons. The average Bonchev–Trinajstić information content (AvgIpc) is 2.07. The SMILES string of the molecule is Cl.Nc1cc(C(=O)O)c(Cl)c(F)c1F. The summed E-state index contributed by atoms with van der Waals surface area (Å²) in [6, 6.07) is 0.767. The third-order valence-electron chi connectivity index (χ3n) is 1.41. The summed E-state index contributed by atoms with van der Waals surface area (Å²) in [5.41, 5.74) is 3.85. The van der Waals surface area contributed by atoms with Gasteiger partial charge in [0.2, 0.25) is 0 Å². The molecule has 0 fully saturated rings. The first-order chi connectivity index (χ1) is 5.95. The Kier molecular flexibility index (Phi) is 4.09. The molecule has 0 bridgehead atoms. The Morgan fingerprint density at radius 3 is 2.36 bits per heavy atom. The van der Waals surface area contributed by atoms with E-state index in [0.29, 0.717) is 0 Å². The van der Waals surface area contributed by atoms with Crippen molar-refractivity contribution in [1.82, 2.24) is 0 Å². The second-order valence-electron chi connectivity index (χ2n) is 2.26. The van der Waals surface area contributed by atoms with Gasteiger partial charge in [0.15, 0.2) is 11.6 Å². The lowest BCUT2D eigenvalue weighted by Crippen LogP contribution is -2.04. The second kappa shape index (κ2) is 4.43. The molecule has 0 spiro atoms. The third kappa shape index (κ3) is 2.05. The van der Waals surface area contributed by atoms with Crippen LogP contribution in [0.2, 0.25) is 5.02 Å². The molecule has 0 heterocycles. The first kappa shape index (κ1) is 12.9. The Bertz CT molecular complexity index is 384. The molecule has 0 unspecified atom stereocenters. The van der Waals surface area contributed by atoms with E-state index in [9.17, 15) is 13.6 Å². The van der Waals surface area contributed by atoms with Gasteiger partial charge in [-0.25, -0.2) is 13.6 Å². The van der Waals surface area contributed by atoms with Gasteiger partial charge in [-0.3, -0.25) is 0 Å². The van der Waals surface area contributed by atoms with Gasteiger partial charge in [0.25, 0.3) is 0 Å². The highest BCUT2D eigenvalue weighted by Crippen LogP contribution is 2.26. The summed E-state index contributed by atoms with van der Waals surface area (Å²) in [4.78, 5) is 10.4. The van der Waals surface area contributed by atoms with Crippen LogP contribution in [-0.4, -0.2) is 11.1 Å². The number of carbonyl (C=O) groups is 1. The molecule has 78 valence electrons. The maximum atomic E-state index is 12.8. The zero-order valence-corrected chi connectivity index (χ0v) is 8.12. The summed E-state index contributed by atoms with van der Waals surface area (Å²) in [5.74, 6) is -4.25. The predicted octanol–water partition coefficient (Wildman–Crippen LogP) is 2.32. The molecule has 1 rings (SSSR count). The molecule has 0 atom stereocenters. The summed E-state index contributed by atoms with van der Waals surface area (Å²) >= 11 is 5.21. The monoisotopic (exact) mass is 243 g/mol. The Morgan fingerprint density at radius 1 is 1.43 bits per heavy atom. The van der Waals surface area contributed by atoms with Crippen molar-refractivity contribution in [2.24, 2.45) is 0 Å². The zero-order valence-electron chi connectivity index (χ0n) is 6.55. The quantitative estimate of drug-likeness (QED) is 0.588. The summed E-state index contributed by atoms with van der Waals surface area (Å²) < 4.78 is 25.4. The number of rotatable bonds is 1. The van der Waals surface area contributed by atoms with Gasteiger partial charge in [-0.2, -0.15) is 0 Å². The Labute approximate surface area is 88.9 Å². The van der Waals surface area contributed by atoms with E-state index in [1.54, 1.807) is 0 Å². The Balaban J connectivity index is 0.00000169. The van der Waals surface area contributed by atoms with Gasteiger partial charge in [-0.15, -0.1) is 12.4 Å². The topological polar surface area (TPSA) is 63.3 Å². The number of carboxylic acid groups (broad SMARTS) is 1. The summed E-state index contributed by atoms with van der Waals surface area (Å²) in [7, 11) is 0. The smallest absolute Gasteiger partial charge is 0.337 e. The molecule has 0 aliphatic heterocycles. The van der Waals surface area contributed by atoms with E-state index < -0.39 is 33.9 Å². The number of hydrogen-bond donors (Lipinski definition) is 2. The Hall–Kier alpha value is -1.07. The molecule has 0 saturated heterocycles. The molecule has 7 heteroatoms. The van der Waals surface area contributed by atoms with Gasteiger partial charge < -0.3 is 10.8 Å². The van der Waals surface area contributed by atoms with Gasteiger partial charge in [0.05, 0.1) is 16.3 Å². The van der Waals surface area contributed by atoms with E-state index in [1.807, 2.05) is 0 Å². The fourth-order valence-electron chi connectivity index (χ4n) is 0.779. The number of carboxylic acids is 1. The molecule has 1 aromatic rings. The van der Waals surface area contributed by atoms with E-state index in [1.165, 1.54) is 0 Å². The summed E-state index contributed by atoms with van der Waals surface area (Å²) in [5, 5.41) is 7.70. The molecule has 0 aromatic heterocycles. The number of aromatic carboxylic acids is 1. The molecule has 0 saturated carbocycles. The predicted molar refractivity (Wildman–Crippen MR) is 50.0 cm³/mol. The summed E-state index contributed by atoms with van der Waals surface area (Å²) in [6.45, 7) is 0. The number of benzene rings is 1. The molecule has 3 N–H and O–H groups in total. The lowest BCUT2D eigenvalue weighted by molar-refractivity contribution is 0.0696. The minimum atomic E-state index is -1.46. The van der Waals surface area contributed by atoms with Crippen LogP contribution in [0, 0.1) is 11.6 Å². The molecule has 0 amide bonds. The molecule has 3 nitrogen and oxygen atoms in total. The van der Waals surface area contributed by atoms with E-state index in [4.69, 9.17) is 22.4 Å². The van der Waals surface area contributed by atoms with Crippen LogP contribution in [0.4, 0.5) is 14.5 Å². The van der Waals surface area contributed by atoms with Crippen LogP contribution in [0.1, 0.15) is 10.4 Å². The maximum Gasteiger partial charge on any atom is 0.337 e. The van der Waals surface area contributed by atoms with Crippen molar-refractivity contribution in [1.29, 1.82) is 0 Å². The number of halogens is 4. The van der Waals surface area contributed by atoms with Crippen LogP contribution < -0.4 is 5.73 Å². The molecular formula is C7H5Cl2F2NO2. The maximum absolute atomic E-state index is 12.8. The van der Waals surface area contributed by atoms with Crippen molar-refractivity contribution in [2.45, 2.75) is 0 Å². The van der Waals surface area contributed by atoms with Crippen molar-refractivity contribution in [3.8, 4) is 0 Å². The number of hydrogen-bond acceptors (Lipinski definition) is 2. The highest BCUT2D eigenvalue weighted by atomic mass is 35.5. The van der Waals surface area contributed by atoms with Crippen molar-refractivity contribution in [2.75, 3.05) is 5.73 Å². The number of anilines is 1. The minimum Gasteiger partial charge on any atom is -0.478 e. The standard InChI is InChI=1S/C7H4ClF2NO2.ClH/c8-4-2(7(12)13)1-3(11)5(9)6(4)10;/h1H,11H2,(H,12,13);1H. The van der Waals surface area contributed by atoms with Crippen molar-refractivity contribution >= 4 is 35.7 Å². The van der Waals surface area contributed by atoms with Gasteiger partial charge in [0.1, 0.15) is 0 Å². The lowest BCUT2D eigenvalue weighted by Gasteiger charge is -2.03. The molecule has 14 heavy (non-hydrogen) atoms.